The Morgan fingerprint density at radius 3 is 2.08 bits per heavy atom. The number of rotatable bonds is 8. The second-order valence-electron chi connectivity index (χ2n) is 6.60. The van der Waals surface area contributed by atoms with E-state index < -0.39 is 10.0 Å². The molecule has 0 aliphatic heterocycles. The molecule has 2 aromatic carbocycles. The van der Waals surface area contributed by atoms with Crippen LogP contribution in [0.25, 0.3) is 0 Å². The van der Waals surface area contributed by atoms with Gasteiger partial charge in [0, 0.05) is 11.7 Å². The number of aryl methyl sites for hydroxylation is 1. The number of hydrogen-bond donors (Lipinski definition) is 2. The van der Waals surface area contributed by atoms with Gasteiger partial charge in [-0.05, 0) is 55.7 Å². The van der Waals surface area contributed by atoms with E-state index in [1.54, 1.807) is 36.4 Å². The van der Waals surface area contributed by atoms with Gasteiger partial charge in [0.05, 0.1) is 11.3 Å². The van der Waals surface area contributed by atoms with E-state index in [1.807, 2.05) is 26.0 Å². The molecule has 0 atom stereocenters. The van der Waals surface area contributed by atoms with E-state index in [-0.39, 0.29) is 23.3 Å². The molecule has 2 aromatic rings. The molecule has 140 valence electrons. The first-order valence-electron chi connectivity index (χ1n) is 8.80. The Labute approximate surface area is 155 Å². The summed E-state index contributed by atoms with van der Waals surface area (Å²) >= 11 is 0. The average Bonchev–Trinajstić information content (AvgIpc) is 2.56. The molecule has 0 spiro atoms. The number of amides is 1. The number of anilines is 1. The zero-order valence-electron chi connectivity index (χ0n) is 15.5. The summed E-state index contributed by atoms with van der Waals surface area (Å²) in [7, 11) is -3.63. The molecule has 0 fully saturated rings. The predicted molar refractivity (Wildman–Crippen MR) is 105 cm³/mol. The summed E-state index contributed by atoms with van der Waals surface area (Å²) in [6.07, 6.45) is 2.22. The van der Waals surface area contributed by atoms with E-state index in [1.165, 1.54) is 0 Å². The Kier molecular flexibility index (Phi) is 6.80. The fraction of sp³-hybridized carbons (Fsp3) is 0.350. The van der Waals surface area contributed by atoms with Crippen LogP contribution in [0.5, 0.6) is 0 Å². The van der Waals surface area contributed by atoms with Crippen LogP contribution < -0.4 is 10.0 Å². The van der Waals surface area contributed by atoms with Crippen LogP contribution in [0.2, 0.25) is 0 Å². The van der Waals surface area contributed by atoms with Crippen molar-refractivity contribution in [1.82, 2.24) is 5.32 Å². The summed E-state index contributed by atoms with van der Waals surface area (Å²) in [6, 6.07) is 13.9. The first-order chi connectivity index (χ1) is 12.3. The maximum absolute atomic E-state index is 12.5. The lowest BCUT2D eigenvalue weighted by molar-refractivity contribution is -0.120. The van der Waals surface area contributed by atoms with Gasteiger partial charge in [0.15, 0.2) is 0 Å². The predicted octanol–water partition coefficient (Wildman–Crippen LogP) is 3.51. The second-order valence-corrected chi connectivity index (χ2v) is 8.28. The standard InChI is InChI=1S/C20H26N2O3S/c1-4-5-16-8-12-19(13-9-16)26(24,25)22-18-10-6-17(7-11-18)14-20(23)21-15(2)3/h6-13,15,22H,4-5,14H2,1-3H3,(H,21,23). The van der Waals surface area contributed by atoms with Gasteiger partial charge in [-0.3, -0.25) is 9.52 Å². The van der Waals surface area contributed by atoms with Gasteiger partial charge in [0.2, 0.25) is 5.91 Å². The molecule has 26 heavy (non-hydrogen) atoms. The zero-order valence-corrected chi connectivity index (χ0v) is 16.3. The third-order valence-electron chi connectivity index (χ3n) is 3.79. The van der Waals surface area contributed by atoms with Crippen molar-refractivity contribution in [2.45, 2.75) is 51.0 Å². The van der Waals surface area contributed by atoms with Gasteiger partial charge in [-0.2, -0.15) is 0 Å². The quantitative estimate of drug-likeness (QED) is 0.742. The molecule has 0 heterocycles. The summed E-state index contributed by atoms with van der Waals surface area (Å²) in [5.74, 6) is -0.0551. The van der Waals surface area contributed by atoms with Gasteiger partial charge >= 0.3 is 0 Å². The minimum absolute atomic E-state index is 0.0551. The van der Waals surface area contributed by atoms with E-state index in [0.29, 0.717) is 5.69 Å². The van der Waals surface area contributed by atoms with Crippen LogP contribution in [-0.2, 0) is 27.7 Å². The maximum Gasteiger partial charge on any atom is 0.261 e. The summed E-state index contributed by atoms with van der Waals surface area (Å²) in [6.45, 7) is 5.90. The van der Waals surface area contributed by atoms with Crippen LogP contribution in [0, 0.1) is 0 Å². The summed E-state index contributed by atoms with van der Waals surface area (Å²) < 4.78 is 27.5. The summed E-state index contributed by atoms with van der Waals surface area (Å²) in [5.41, 5.74) is 2.42. The third kappa shape index (κ3) is 5.88. The minimum atomic E-state index is -3.63. The number of nitrogens with one attached hydrogen (secondary N) is 2. The fourth-order valence-electron chi connectivity index (χ4n) is 2.59. The molecule has 1 amide bonds. The van der Waals surface area contributed by atoms with Crippen molar-refractivity contribution in [2.24, 2.45) is 0 Å². The lowest BCUT2D eigenvalue weighted by atomic mass is 10.1. The normalized spacial score (nSPS) is 11.4. The van der Waals surface area contributed by atoms with Crippen molar-refractivity contribution in [3.63, 3.8) is 0 Å². The van der Waals surface area contributed by atoms with Gasteiger partial charge in [0.1, 0.15) is 0 Å². The second kappa shape index (κ2) is 8.85. The molecule has 0 radical (unpaired) electrons. The molecule has 0 aliphatic rings. The first kappa shape index (κ1) is 20.0. The summed E-state index contributed by atoms with van der Waals surface area (Å²) in [4.78, 5) is 12.0. The lowest BCUT2D eigenvalue weighted by Crippen LogP contribution is -2.31. The molecular weight excluding hydrogens is 348 g/mol. The minimum Gasteiger partial charge on any atom is -0.354 e. The molecule has 0 aliphatic carbocycles. The smallest absolute Gasteiger partial charge is 0.261 e. The highest BCUT2D eigenvalue weighted by Gasteiger charge is 2.14. The van der Waals surface area contributed by atoms with Crippen molar-refractivity contribution >= 4 is 21.6 Å². The van der Waals surface area contributed by atoms with Gasteiger partial charge in [0.25, 0.3) is 10.0 Å². The van der Waals surface area contributed by atoms with Crippen LogP contribution >= 0.6 is 0 Å². The molecule has 0 bridgehead atoms. The number of carbonyl (C=O) groups is 1. The van der Waals surface area contributed by atoms with Gasteiger partial charge < -0.3 is 5.32 Å². The molecule has 2 rings (SSSR count). The number of sulfonamides is 1. The highest BCUT2D eigenvalue weighted by atomic mass is 32.2. The Morgan fingerprint density at radius 1 is 0.962 bits per heavy atom. The molecule has 6 heteroatoms. The molecule has 0 unspecified atom stereocenters. The van der Waals surface area contributed by atoms with Gasteiger partial charge in [-0.25, -0.2) is 8.42 Å². The molecule has 5 nitrogen and oxygen atoms in total. The van der Waals surface area contributed by atoms with E-state index in [4.69, 9.17) is 0 Å². The zero-order chi connectivity index (χ0) is 19.2. The van der Waals surface area contributed by atoms with Crippen LogP contribution in [0.15, 0.2) is 53.4 Å². The molecular formula is C20H26N2O3S. The fourth-order valence-corrected chi connectivity index (χ4v) is 3.65. The van der Waals surface area contributed by atoms with Crippen LogP contribution in [0.4, 0.5) is 5.69 Å². The Hall–Kier alpha value is -2.34. The van der Waals surface area contributed by atoms with Gasteiger partial charge in [-0.15, -0.1) is 0 Å². The number of hydrogen-bond acceptors (Lipinski definition) is 3. The van der Waals surface area contributed by atoms with E-state index in [9.17, 15) is 13.2 Å². The van der Waals surface area contributed by atoms with Crippen molar-refractivity contribution in [3.8, 4) is 0 Å². The number of benzene rings is 2. The summed E-state index contributed by atoms with van der Waals surface area (Å²) in [5, 5.41) is 2.83. The maximum atomic E-state index is 12.5. The van der Waals surface area contributed by atoms with Crippen molar-refractivity contribution in [3.05, 3.63) is 59.7 Å². The van der Waals surface area contributed by atoms with E-state index >= 15 is 0 Å². The van der Waals surface area contributed by atoms with E-state index in [2.05, 4.69) is 17.0 Å². The molecule has 0 saturated heterocycles. The number of carbonyl (C=O) groups excluding carboxylic acids is 1. The Balaban J connectivity index is 2.04. The highest BCUT2D eigenvalue weighted by molar-refractivity contribution is 7.92. The topological polar surface area (TPSA) is 75.3 Å². The third-order valence-corrected chi connectivity index (χ3v) is 5.19. The van der Waals surface area contributed by atoms with Crippen molar-refractivity contribution in [1.29, 1.82) is 0 Å². The van der Waals surface area contributed by atoms with Crippen LogP contribution in [0.3, 0.4) is 0 Å². The van der Waals surface area contributed by atoms with E-state index in [0.717, 1.165) is 24.0 Å². The largest absolute Gasteiger partial charge is 0.354 e. The SMILES string of the molecule is CCCc1ccc(S(=O)(=O)Nc2ccc(CC(=O)NC(C)C)cc2)cc1. The first-order valence-corrected chi connectivity index (χ1v) is 10.3. The lowest BCUT2D eigenvalue weighted by Gasteiger charge is -2.10. The Bertz CT molecular complexity index is 826. The highest BCUT2D eigenvalue weighted by Crippen LogP contribution is 2.18. The monoisotopic (exact) mass is 374 g/mol. The average molecular weight is 375 g/mol. The van der Waals surface area contributed by atoms with Crippen LogP contribution in [-0.4, -0.2) is 20.4 Å². The van der Waals surface area contributed by atoms with Crippen molar-refractivity contribution < 1.29 is 13.2 Å². The van der Waals surface area contributed by atoms with Crippen LogP contribution in [0.1, 0.15) is 38.3 Å². The van der Waals surface area contributed by atoms with Crippen molar-refractivity contribution in [2.75, 3.05) is 4.72 Å². The molecule has 0 aromatic heterocycles. The molecule has 0 saturated carbocycles. The molecule has 2 N–H and O–H groups in total. The Morgan fingerprint density at radius 2 is 1.54 bits per heavy atom. The van der Waals surface area contributed by atoms with Gasteiger partial charge in [-0.1, -0.05) is 37.6 Å².